The van der Waals surface area contributed by atoms with E-state index in [-0.39, 0.29) is 5.89 Å². The summed E-state index contributed by atoms with van der Waals surface area (Å²) < 4.78 is 32.1. The van der Waals surface area contributed by atoms with Gasteiger partial charge in [-0.2, -0.15) is 4.98 Å². The first-order chi connectivity index (χ1) is 13.1. The molecule has 1 heterocycles. The second-order valence-electron chi connectivity index (χ2n) is 5.40. The van der Waals surface area contributed by atoms with Crippen LogP contribution in [0, 0.1) is 0 Å². The lowest BCUT2D eigenvalue weighted by atomic mass is 10.1. The van der Waals surface area contributed by atoms with Crippen molar-refractivity contribution in [1.29, 1.82) is 0 Å². The summed E-state index contributed by atoms with van der Waals surface area (Å²) >= 11 is 0. The Hall–Kier alpha value is -3.42. The summed E-state index contributed by atoms with van der Waals surface area (Å²) in [6.07, 6.45) is 0. The van der Waals surface area contributed by atoms with Crippen LogP contribution in [0.4, 0.5) is 0 Å². The molecule has 8 nitrogen and oxygen atoms in total. The number of hydrogen-bond acceptors (Lipinski definition) is 8. The molecule has 0 N–H and O–H groups in total. The van der Waals surface area contributed by atoms with Crippen molar-refractivity contribution in [1.82, 2.24) is 10.1 Å². The van der Waals surface area contributed by atoms with Crippen molar-refractivity contribution < 1.29 is 28.2 Å². The summed E-state index contributed by atoms with van der Waals surface area (Å²) in [7, 11) is 7.80. The van der Waals surface area contributed by atoms with Crippen LogP contribution in [0.2, 0.25) is 0 Å². The van der Waals surface area contributed by atoms with Crippen LogP contribution >= 0.6 is 0 Å². The van der Waals surface area contributed by atoms with Crippen molar-refractivity contribution in [3.05, 3.63) is 30.3 Å². The zero-order valence-electron chi connectivity index (χ0n) is 15.7. The van der Waals surface area contributed by atoms with Gasteiger partial charge in [0, 0.05) is 17.7 Å². The molecule has 0 radical (unpaired) electrons. The van der Waals surface area contributed by atoms with E-state index in [0.717, 1.165) is 5.56 Å². The first kappa shape index (κ1) is 18.4. The number of hydrogen-bond donors (Lipinski definition) is 0. The monoisotopic (exact) mass is 372 g/mol. The molecular formula is C19H20N2O6. The standard InChI is InChI=1S/C19H20N2O6/c1-22-13-7-6-11(8-15(13)24-3)18-20-19(27-21-18)12-9-16(25-4)17(26-5)10-14(12)23-2/h6-10H,1-5H3. The first-order valence-electron chi connectivity index (χ1n) is 8.01. The Labute approximate surface area is 156 Å². The summed E-state index contributed by atoms with van der Waals surface area (Å²) in [5, 5.41) is 4.06. The Morgan fingerprint density at radius 3 is 1.89 bits per heavy atom. The molecule has 0 atom stereocenters. The van der Waals surface area contributed by atoms with Gasteiger partial charge in [0.2, 0.25) is 5.82 Å². The van der Waals surface area contributed by atoms with Crippen LogP contribution in [0.5, 0.6) is 28.7 Å². The maximum atomic E-state index is 5.44. The molecule has 0 aliphatic carbocycles. The fourth-order valence-electron chi connectivity index (χ4n) is 2.62. The second-order valence-corrected chi connectivity index (χ2v) is 5.40. The van der Waals surface area contributed by atoms with E-state index in [1.807, 2.05) is 6.07 Å². The summed E-state index contributed by atoms with van der Waals surface area (Å²) in [5.74, 6) is 3.48. The van der Waals surface area contributed by atoms with E-state index in [2.05, 4.69) is 10.1 Å². The molecule has 8 heteroatoms. The normalized spacial score (nSPS) is 10.4. The molecule has 0 spiro atoms. The molecule has 3 rings (SSSR count). The molecule has 0 aliphatic rings. The molecule has 2 aromatic carbocycles. The first-order valence-corrected chi connectivity index (χ1v) is 8.01. The van der Waals surface area contributed by atoms with Gasteiger partial charge in [0.05, 0.1) is 41.1 Å². The zero-order valence-corrected chi connectivity index (χ0v) is 15.7. The average Bonchev–Trinajstić information content (AvgIpc) is 3.22. The van der Waals surface area contributed by atoms with E-state index < -0.39 is 0 Å². The maximum absolute atomic E-state index is 5.44. The van der Waals surface area contributed by atoms with Gasteiger partial charge >= 0.3 is 0 Å². The van der Waals surface area contributed by atoms with Crippen LogP contribution < -0.4 is 23.7 Å². The third-order valence-electron chi connectivity index (χ3n) is 4.00. The third kappa shape index (κ3) is 3.46. The van der Waals surface area contributed by atoms with Crippen molar-refractivity contribution in [2.75, 3.05) is 35.5 Å². The van der Waals surface area contributed by atoms with Gasteiger partial charge < -0.3 is 28.2 Å². The summed E-state index contributed by atoms with van der Waals surface area (Å²) in [4.78, 5) is 4.47. The lowest BCUT2D eigenvalue weighted by Gasteiger charge is -2.11. The molecule has 1 aromatic heterocycles. The predicted octanol–water partition coefficient (Wildman–Crippen LogP) is 3.45. The molecule has 0 aliphatic heterocycles. The van der Waals surface area contributed by atoms with Crippen LogP contribution in [0.15, 0.2) is 34.9 Å². The Morgan fingerprint density at radius 1 is 0.667 bits per heavy atom. The fourth-order valence-corrected chi connectivity index (χ4v) is 2.62. The highest BCUT2D eigenvalue weighted by atomic mass is 16.5. The smallest absolute Gasteiger partial charge is 0.262 e. The highest BCUT2D eigenvalue weighted by Crippen LogP contribution is 2.40. The van der Waals surface area contributed by atoms with Gasteiger partial charge in [-0.1, -0.05) is 5.16 Å². The van der Waals surface area contributed by atoms with E-state index in [9.17, 15) is 0 Å². The lowest BCUT2D eigenvalue weighted by Crippen LogP contribution is -1.95. The third-order valence-corrected chi connectivity index (χ3v) is 4.00. The van der Waals surface area contributed by atoms with E-state index in [1.165, 1.54) is 0 Å². The quantitative estimate of drug-likeness (QED) is 0.623. The van der Waals surface area contributed by atoms with Crippen LogP contribution in [0.1, 0.15) is 0 Å². The number of rotatable bonds is 7. The lowest BCUT2D eigenvalue weighted by molar-refractivity contribution is 0.348. The van der Waals surface area contributed by atoms with Gasteiger partial charge in [0.25, 0.3) is 5.89 Å². The zero-order chi connectivity index (χ0) is 19.4. The SMILES string of the molecule is COc1ccc(-c2noc(-c3cc(OC)c(OC)cc3OC)n2)cc1OC. The van der Waals surface area contributed by atoms with E-state index in [0.29, 0.717) is 40.1 Å². The number of ether oxygens (including phenoxy) is 5. The molecule has 3 aromatic rings. The molecule has 27 heavy (non-hydrogen) atoms. The maximum Gasteiger partial charge on any atom is 0.262 e. The highest BCUT2D eigenvalue weighted by Gasteiger charge is 2.19. The Bertz CT molecular complexity index is 938. The number of benzene rings is 2. The van der Waals surface area contributed by atoms with Crippen molar-refractivity contribution in [2.24, 2.45) is 0 Å². The van der Waals surface area contributed by atoms with Crippen molar-refractivity contribution in [2.45, 2.75) is 0 Å². The summed E-state index contributed by atoms with van der Waals surface area (Å²) in [5.41, 5.74) is 1.32. The minimum absolute atomic E-state index is 0.289. The number of aromatic nitrogens is 2. The molecule has 0 unspecified atom stereocenters. The van der Waals surface area contributed by atoms with Gasteiger partial charge in [-0.3, -0.25) is 0 Å². The number of nitrogens with zero attached hydrogens (tertiary/aromatic N) is 2. The van der Waals surface area contributed by atoms with E-state index >= 15 is 0 Å². The summed E-state index contributed by atoms with van der Waals surface area (Å²) in [6, 6.07) is 8.81. The topological polar surface area (TPSA) is 85.1 Å². The molecule has 0 amide bonds. The molecule has 142 valence electrons. The molecule has 0 bridgehead atoms. The molecule has 0 saturated heterocycles. The minimum atomic E-state index is 0.289. The van der Waals surface area contributed by atoms with Gasteiger partial charge in [-0.05, 0) is 18.2 Å². The summed E-state index contributed by atoms with van der Waals surface area (Å²) in [6.45, 7) is 0. The average molecular weight is 372 g/mol. The van der Waals surface area contributed by atoms with Gasteiger partial charge in [0.1, 0.15) is 5.75 Å². The predicted molar refractivity (Wildman–Crippen MR) is 97.9 cm³/mol. The van der Waals surface area contributed by atoms with E-state index in [4.69, 9.17) is 28.2 Å². The molecular weight excluding hydrogens is 352 g/mol. The molecule has 0 fully saturated rings. The van der Waals surface area contributed by atoms with Crippen molar-refractivity contribution in [3.8, 4) is 51.6 Å². The van der Waals surface area contributed by atoms with Crippen molar-refractivity contribution >= 4 is 0 Å². The fraction of sp³-hybridized carbons (Fsp3) is 0.263. The molecule has 0 saturated carbocycles. The minimum Gasteiger partial charge on any atom is -0.496 e. The Kier molecular flexibility index (Phi) is 5.35. The Morgan fingerprint density at radius 2 is 1.26 bits per heavy atom. The largest absolute Gasteiger partial charge is 0.496 e. The van der Waals surface area contributed by atoms with Gasteiger partial charge in [0.15, 0.2) is 23.0 Å². The van der Waals surface area contributed by atoms with Crippen LogP contribution in [-0.4, -0.2) is 45.7 Å². The van der Waals surface area contributed by atoms with Crippen molar-refractivity contribution in [3.63, 3.8) is 0 Å². The van der Waals surface area contributed by atoms with Crippen LogP contribution in [-0.2, 0) is 0 Å². The Balaban J connectivity index is 2.03. The van der Waals surface area contributed by atoms with E-state index in [1.54, 1.807) is 59.8 Å². The second kappa shape index (κ2) is 7.86. The van der Waals surface area contributed by atoms with Crippen LogP contribution in [0.25, 0.3) is 22.8 Å². The number of methoxy groups -OCH3 is 5. The van der Waals surface area contributed by atoms with Gasteiger partial charge in [-0.15, -0.1) is 0 Å². The highest BCUT2D eigenvalue weighted by molar-refractivity contribution is 5.70. The van der Waals surface area contributed by atoms with Crippen LogP contribution in [0.3, 0.4) is 0 Å². The van der Waals surface area contributed by atoms with Gasteiger partial charge in [-0.25, -0.2) is 0 Å².